The molecule has 0 atom stereocenters. The van der Waals surface area contributed by atoms with E-state index in [9.17, 15) is 0 Å². The number of benzene rings is 9. The third kappa shape index (κ3) is 5.32. The van der Waals surface area contributed by atoms with Gasteiger partial charge in [-0.25, -0.2) is 0 Å². The minimum Gasteiger partial charge on any atom is -0.456 e. The molecule has 0 aliphatic heterocycles. The van der Waals surface area contributed by atoms with Gasteiger partial charge in [-0.1, -0.05) is 146 Å². The summed E-state index contributed by atoms with van der Waals surface area (Å²) in [4.78, 5) is 2.43. The number of thiophene rings is 1. The summed E-state index contributed by atoms with van der Waals surface area (Å²) in [5, 5.41) is 7.26. The number of para-hydroxylation sites is 1. The van der Waals surface area contributed by atoms with E-state index in [1.54, 1.807) is 0 Å². The average Bonchev–Trinajstić information content (AvgIpc) is 3.83. The Morgan fingerprint density at radius 3 is 1.93 bits per heavy atom. The van der Waals surface area contributed by atoms with Crippen LogP contribution in [0.3, 0.4) is 0 Å². The van der Waals surface area contributed by atoms with Gasteiger partial charge >= 0.3 is 0 Å². The monoisotopic (exact) mass is 719 g/mol. The van der Waals surface area contributed by atoms with Crippen molar-refractivity contribution >= 4 is 81.3 Å². The summed E-state index contributed by atoms with van der Waals surface area (Å²) in [6, 6.07) is 72.3. The molecule has 2 heterocycles. The van der Waals surface area contributed by atoms with Crippen LogP contribution in [-0.4, -0.2) is 0 Å². The maximum absolute atomic E-state index is 6.48. The van der Waals surface area contributed by atoms with Crippen LogP contribution in [0.1, 0.15) is 0 Å². The van der Waals surface area contributed by atoms with E-state index in [-0.39, 0.29) is 0 Å². The van der Waals surface area contributed by atoms with Crippen LogP contribution in [0.25, 0.3) is 86.3 Å². The van der Waals surface area contributed by atoms with Gasteiger partial charge in [0.05, 0.1) is 16.8 Å². The van der Waals surface area contributed by atoms with Gasteiger partial charge in [0.25, 0.3) is 0 Å². The van der Waals surface area contributed by atoms with Gasteiger partial charge in [-0.15, -0.1) is 11.3 Å². The highest BCUT2D eigenvalue weighted by atomic mass is 32.1. The number of rotatable bonds is 6. The number of furan rings is 1. The Morgan fingerprint density at radius 1 is 0.364 bits per heavy atom. The molecule has 9 aromatic carbocycles. The van der Waals surface area contributed by atoms with E-state index in [1.807, 2.05) is 17.4 Å². The molecule has 2 nitrogen and oxygen atoms in total. The second kappa shape index (κ2) is 12.9. The SMILES string of the molecule is c1ccc(-c2ccc(-c3cccc4ccccc34)cc2N(c2ccc(-c3ccc4sc5ccccc5c4c3)cc2)c2cccc3oc4ccccc4c23)cc1. The normalized spacial score (nSPS) is 11.6. The van der Waals surface area contributed by atoms with Crippen LogP contribution in [-0.2, 0) is 0 Å². The molecule has 0 unspecified atom stereocenters. The molecule has 0 saturated heterocycles. The van der Waals surface area contributed by atoms with Gasteiger partial charge in [-0.2, -0.15) is 0 Å². The Kier molecular flexibility index (Phi) is 7.39. The van der Waals surface area contributed by atoms with Crippen molar-refractivity contribution in [3.8, 4) is 33.4 Å². The van der Waals surface area contributed by atoms with Crippen molar-refractivity contribution in [3.05, 3.63) is 200 Å². The smallest absolute Gasteiger partial charge is 0.137 e. The van der Waals surface area contributed by atoms with Crippen LogP contribution in [0.5, 0.6) is 0 Å². The van der Waals surface area contributed by atoms with Gasteiger partial charge in [0.1, 0.15) is 11.2 Å². The van der Waals surface area contributed by atoms with Crippen LogP contribution in [0, 0.1) is 0 Å². The molecule has 0 aliphatic carbocycles. The first-order valence-corrected chi connectivity index (χ1v) is 19.5. The standard InChI is InChI=1S/C52H33NOS/c1-2-12-36(13-3-1)42-30-26-38(41-19-10-15-35-14-4-5-16-40(35)41)33-47(42)53(46-20-11-22-49-52(46)44-18-6-8-21-48(44)54-49)39-28-24-34(25-29-39)37-27-31-51-45(32-37)43-17-7-9-23-50(43)55-51/h1-33H. The molecule has 258 valence electrons. The molecular weight excluding hydrogens is 687 g/mol. The summed E-state index contributed by atoms with van der Waals surface area (Å²) >= 11 is 1.85. The first-order chi connectivity index (χ1) is 27.3. The van der Waals surface area contributed by atoms with Crippen LogP contribution in [0.4, 0.5) is 17.1 Å². The minimum absolute atomic E-state index is 0.864. The van der Waals surface area contributed by atoms with Crippen LogP contribution in [0.15, 0.2) is 205 Å². The fraction of sp³-hybridized carbons (Fsp3) is 0. The molecule has 0 N–H and O–H groups in total. The van der Waals surface area contributed by atoms with Crippen molar-refractivity contribution in [1.29, 1.82) is 0 Å². The lowest BCUT2D eigenvalue weighted by Crippen LogP contribution is -2.12. The maximum atomic E-state index is 6.48. The topological polar surface area (TPSA) is 16.4 Å². The molecule has 0 spiro atoms. The highest BCUT2D eigenvalue weighted by Gasteiger charge is 2.23. The fourth-order valence-corrected chi connectivity index (χ4v) is 9.37. The van der Waals surface area contributed by atoms with Crippen molar-refractivity contribution in [1.82, 2.24) is 0 Å². The lowest BCUT2D eigenvalue weighted by molar-refractivity contribution is 0.669. The Balaban J connectivity index is 1.15. The van der Waals surface area contributed by atoms with E-state index in [1.165, 1.54) is 47.6 Å². The Morgan fingerprint density at radius 2 is 1.04 bits per heavy atom. The van der Waals surface area contributed by atoms with Crippen molar-refractivity contribution in [2.75, 3.05) is 4.90 Å². The molecule has 0 bridgehead atoms. The van der Waals surface area contributed by atoms with E-state index in [4.69, 9.17) is 4.42 Å². The zero-order valence-corrected chi connectivity index (χ0v) is 30.6. The predicted molar refractivity (Wildman–Crippen MR) is 235 cm³/mol. The molecule has 2 aromatic heterocycles. The lowest BCUT2D eigenvalue weighted by Gasteiger charge is -2.29. The predicted octanol–water partition coefficient (Wildman–Crippen LogP) is 15.6. The second-order valence-electron chi connectivity index (χ2n) is 14.1. The molecular formula is C52H33NOS. The molecule has 11 rings (SSSR count). The van der Waals surface area contributed by atoms with Gasteiger partial charge < -0.3 is 9.32 Å². The molecule has 0 amide bonds. The zero-order chi connectivity index (χ0) is 36.3. The van der Waals surface area contributed by atoms with E-state index < -0.39 is 0 Å². The number of nitrogens with zero attached hydrogens (tertiary/aromatic N) is 1. The Hall–Kier alpha value is -6.94. The average molecular weight is 720 g/mol. The van der Waals surface area contributed by atoms with Gasteiger partial charge in [0, 0.05) is 36.8 Å². The summed E-state index contributed by atoms with van der Waals surface area (Å²) in [6.45, 7) is 0. The summed E-state index contributed by atoms with van der Waals surface area (Å²) in [7, 11) is 0. The third-order valence-corrected chi connectivity index (χ3v) is 12.0. The first kappa shape index (κ1) is 31.6. The number of fused-ring (bicyclic) bond motifs is 7. The fourth-order valence-electron chi connectivity index (χ4n) is 8.28. The molecule has 0 aliphatic rings. The number of hydrogen-bond donors (Lipinski definition) is 0. The second-order valence-corrected chi connectivity index (χ2v) is 15.1. The largest absolute Gasteiger partial charge is 0.456 e. The van der Waals surface area contributed by atoms with Gasteiger partial charge in [0.15, 0.2) is 0 Å². The lowest BCUT2D eigenvalue weighted by atomic mass is 9.93. The molecule has 55 heavy (non-hydrogen) atoms. The van der Waals surface area contributed by atoms with Crippen LogP contribution < -0.4 is 4.90 Å². The molecule has 0 saturated carbocycles. The zero-order valence-electron chi connectivity index (χ0n) is 29.8. The van der Waals surface area contributed by atoms with Crippen molar-refractivity contribution in [3.63, 3.8) is 0 Å². The summed E-state index contributed by atoms with van der Waals surface area (Å²) < 4.78 is 9.11. The van der Waals surface area contributed by atoms with E-state index in [2.05, 4.69) is 199 Å². The maximum Gasteiger partial charge on any atom is 0.137 e. The third-order valence-electron chi connectivity index (χ3n) is 10.9. The van der Waals surface area contributed by atoms with Crippen molar-refractivity contribution < 1.29 is 4.42 Å². The molecule has 0 radical (unpaired) electrons. The Bertz CT molecular complexity index is 3200. The summed E-state index contributed by atoms with van der Waals surface area (Å²) in [6.07, 6.45) is 0. The van der Waals surface area contributed by atoms with Gasteiger partial charge in [-0.3, -0.25) is 0 Å². The Labute approximate surface area is 322 Å². The summed E-state index contributed by atoms with van der Waals surface area (Å²) in [5.41, 5.74) is 12.0. The first-order valence-electron chi connectivity index (χ1n) is 18.7. The highest BCUT2D eigenvalue weighted by molar-refractivity contribution is 7.25. The highest BCUT2D eigenvalue weighted by Crippen LogP contribution is 2.48. The van der Waals surface area contributed by atoms with E-state index in [0.29, 0.717) is 0 Å². The van der Waals surface area contributed by atoms with Crippen molar-refractivity contribution in [2.45, 2.75) is 0 Å². The number of hydrogen-bond acceptors (Lipinski definition) is 3. The molecule has 11 aromatic rings. The number of anilines is 3. The molecule has 3 heteroatoms. The minimum atomic E-state index is 0.864. The van der Waals surface area contributed by atoms with Crippen molar-refractivity contribution in [2.24, 2.45) is 0 Å². The van der Waals surface area contributed by atoms with Gasteiger partial charge in [0.2, 0.25) is 0 Å². The quantitative estimate of drug-likeness (QED) is 0.170. The van der Waals surface area contributed by atoms with Crippen LogP contribution in [0.2, 0.25) is 0 Å². The van der Waals surface area contributed by atoms with E-state index >= 15 is 0 Å². The van der Waals surface area contributed by atoms with Gasteiger partial charge in [-0.05, 0) is 93.2 Å². The van der Waals surface area contributed by atoms with Crippen LogP contribution >= 0.6 is 11.3 Å². The molecule has 0 fully saturated rings. The summed E-state index contributed by atoms with van der Waals surface area (Å²) in [5.74, 6) is 0. The van der Waals surface area contributed by atoms with E-state index in [0.717, 1.165) is 55.7 Å².